The summed E-state index contributed by atoms with van der Waals surface area (Å²) in [5.41, 5.74) is 1.59. The molecule has 1 aromatic carbocycles. The van der Waals surface area contributed by atoms with Gasteiger partial charge in [0.2, 0.25) is 0 Å². The van der Waals surface area contributed by atoms with Gasteiger partial charge in [0, 0.05) is 5.56 Å². The molecule has 2 rings (SSSR count). The van der Waals surface area contributed by atoms with Gasteiger partial charge in [-0.3, -0.25) is 0 Å². The molecule has 0 saturated carbocycles. The minimum Gasteiger partial charge on any atom is -0.504 e. The monoisotopic (exact) mass is 390 g/mol. The third kappa shape index (κ3) is 2.92. The number of benzene rings is 1. The molecule has 1 N–H and O–H groups in total. The Morgan fingerprint density at radius 3 is 2.68 bits per heavy atom. The number of rotatable bonds is 3. The highest BCUT2D eigenvalue weighted by Gasteiger charge is 2.12. The van der Waals surface area contributed by atoms with Crippen LogP contribution in [0, 0.1) is 3.57 Å². The van der Waals surface area contributed by atoms with Crippen LogP contribution in [0.2, 0.25) is 5.15 Å². The van der Waals surface area contributed by atoms with Gasteiger partial charge >= 0.3 is 0 Å². The summed E-state index contributed by atoms with van der Waals surface area (Å²) in [5, 5.41) is 10.2. The Morgan fingerprint density at radius 1 is 1.37 bits per heavy atom. The van der Waals surface area contributed by atoms with Crippen LogP contribution in [0.15, 0.2) is 18.2 Å². The lowest BCUT2D eigenvalue weighted by atomic mass is 10.2. The highest BCUT2D eigenvalue weighted by Crippen LogP contribution is 2.31. The van der Waals surface area contributed by atoms with Gasteiger partial charge in [0.05, 0.1) is 16.4 Å². The molecule has 0 amide bonds. The van der Waals surface area contributed by atoms with E-state index < -0.39 is 0 Å². The highest BCUT2D eigenvalue weighted by molar-refractivity contribution is 14.1. The van der Waals surface area contributed by atoms with Crippen molar-refractivity contribution in [3.63, 3.8) is 0 Å². The fourth-order valence-corrected chi connectivity index (χ4v) is 2.47. The van der Waals surface area contributed by atoms with E-state index in [2.05, 4.69) is 32.6 Å². The van der Waals surface area contributed by atoms with Gasteiger partial charge in [-0.05, 0) is 47.2 Å². The smallest absolute Gasteiger partial charge is 0.161 e. The first kappa shape index (κ1) is 14.3. The van der Waals surface area contributed by atoms with Crippen molar-refractivity contribution in [3.8, 4) is 22.9 Å². The first-order valence-corrected chi connectivity index (χ1v) is 7.11. The molecule has 1 heterocycles. The lowest BCUT2D eigenvalue weighted by molar-refractivity contribution is 0.373. The Kier molecular flexibility index (Phi) is 4.46. The molecule has 0 spiro atoms. The van der Waals surface area contributed by atoms with E-state index in [1.165, 1.54) is 7.11 Å². The molecule has 2 aromatic rings. The van der Waals surface area contributed by atoms with E-state index in [9.17, 15) is 5.11 Å². The lowest BCUT2D eigenvalue weighted by Crippen LogP contribution is -1.99. The Bertz CT molecular complexity index is 620. The van der Waals surface area contributed by atoms with Crippen molar-refractivity contribution in [1.29, 1.82) is 0 Å². The number of phenols is 1. The summed E-state index contributed by atoms with van der Waals surface area (Å²) in [6, 6.07) is 5.03. The maximum atomic E-state index is 9.79. The molecule has 0 aliphatic rings. The van der Waals surface area contributed by atoms with Gasteiger partial charge in [-0.25, -0.2) is 9.97 Å². The molecule has 0 aliphatic heterocycles. The molecular formula is C13H12ClIN2O2. The standard InChI is InChI=1S/C13H12ClIN2O2/c1-3-8-11(15)12(14)17-13(16-8)7-4-5-10(19-2)9(18)6-7/h4-6,18H,3H2,1-2H3. The normalized spacial score (nSPS) is 10.5. The van der Waals surface area contributed by atoms with Gasteiger partial charge < -0.3 is 9.84 Å². The first-order chi connectivity index (χ1) is 9.06. The number of aromatic nitrogens is 2. The summed E-state index contributed by atoms with van der Waals surface area (Å²) in [4.78, 5) is 8.71. The second kappa shape index (κ2) is 5.92. The molecule has 0 radical (unpaired) electrons. The number of methoxy groups -OCH3 is 1. The molecule has 0 saturated heterocycles. The summed E-state index contributed by atoms with van der Waals surface area (Å²) in [6.07, 6.45) is 0.773. The molecule has 19 heavy (non-hydrogen) atoms. The quantitative estimate of drug-likeness (QED) is 0.642. The van der Waals surface area contributed by atoms with E-state index in [-0.39, 0.29) is 5.75 Å². The number of nitrogens with zero attached hydrogens (tertiary/aromatic N) is 2. The van der Waals surface area contributed by atoms with Crippen molar-refractivity contribution in [1.82, 2.24) is 9.97 Å². The van der Waals surface area contributed by atoms with E-state index in [0.717, 1.165) is 15.7 Å². The number of aryl methyl sites for hydroxylation is 1. The largest absolute Gasteiger partial charge is 0.504 e. The second-order valence-electron chi connectivity index (χ2n) is 3.84. The zero-order chi connectivity index (χ0) is 14.0. The van der Waals surface area contributed by atoms with Gasteiger partial charge in [-0.2, -0.15) is 0 Å². The van der Waals surface area contributed by atoms with Crippen molar-refractivity contribution in [2.24, 2.45) is 0 Å². The maximum Gasteiger partial charge on any atom is 0.161 e. The SMILES string of the molecule is CCc1nc(-c2ccc(OC)c(O)c2)nc(Cl)c1I. The van der Waals surface area contributed by atoms with Gasteiger partial charge in [0.1, 0.15) is 5.15 Å². The Morgan fingerprint density at radius 2 is 2.11 bits per heavy atom. The van der Waals surface area contributed by atoms with Crippen LogP contribution in [0.5, 0.6) is 11.5 Å². The zero-order valence-corrected chi connectivity index (χ0v) is 13.4. The molecule has 0 unspecified atom stereocenters. The van der Waals surface area contributed by atoms with Crippen LogP contribution in [0.3, 0.4) is 0 Å². The second-order valence-corrected chi connectivity index (χ2v) is 5.28. The van der Waals surface area contributed by atoms with E-state index >= 15 is 0 Å². The minimum atomic E-state index is 0.0521. The van der Waals surface area contributed by atoms with E-state index in [1.54, 1.807) is 18.2 Å². The first-order valence-electron chi connectivity index (χ1n) is 5.66. The van der Waals surface area contributed by atoms with Crippen LogP contribution < -0.4 is 4.74 Å². The van der Waals surface area contributed by atoms with Crippen LogP contribution in [0.25, 0.3) is 11.4 Å². The molecule has 0 aliphatic carbocycles. The Labute approximate surface area is 129 Å². The zero-order valence-electron chi connectivity index (χ0n) is 10.4. The predicted octanol–water partition coefficient (Wildman–Crippen LogP) is 3.68. The van der Waals surface area contributed by atoms with Crippen molar-refractivity contribution in [2.45, 2.75) is 13.3 Å². The third-order valence-electron chi connectivity index (χ3n) is 2.65. The molecule has 0 fully saturated rings. The molecular weight excluding hydrogens is 379 g/mol. The van der Waals surface area contributed by atoms with Crippen molar-refractivity contribution >= 4 is 34.2 Å². The number of phenolic OH excluding ortho intramolecular Hbond substituents is 1. The van der Waals surface area contributed by atoms with Crippen LogP contribution in [-0.4, -0.2) is 22.2 Å². The summed E-state index contributed by atoms with van der Waals surface area (Å²) in [5.74, 6) is 0.965. The van der Waals surface area contributed by atoms with Crippen LogP contribution in [0.4, 0.5) is 0 Å². The maximum absolute atomic E-state index is 9.79. The number of hydrogen-bond donors (Lipinski definition) is 1. The van der Waals surface area contributed by atoms with Crippen molar-refractivity contribution < 1.29 is 9.84 Å². The highest BCUT2D eigenvalue weighted by atomic mass is 127. The molecule has 0 bridgehead atoms. The number of ether oxygens (including phenoxy) is 1. The average molecular weight is 391 g/mol. The van der Waals surface area contributed by atoms with E-state index in [0.29, 0.717) is 22.3 Å². The lowest BCUT2D eigenvalue weighted by Gasteiger charge is -2.08. The summed E-state index contributed by atoms with van der Waals surface area (Å²) >= 11 is 8.23. The summed E-state index contributed by atoms with van der Waals surface area (Å²) in [7, 11) is 1.50. The Balaban J connectivity index is 2.53. The number of halogens is 2. The van der Waals surface area contributed by atoms with Crippen molar-refractivity contribution in [3.05, 3.63) is 32.6 Å². The topological polar surface area (TPSA) is 55.2 Å². The molecule has 0 atom stereocenters. The predicted molar refractivity (Wildman–Crippen MR) is 82.8 cm³/mol. The van der Waals surface area contributed by atoms with Gasteiger partial charge in [0.25, 0.3) is 0 Å². The van der Waals surface area contributed by atoms with Crippen LogP contribution >= 0.6 is 34.2 Å². The van der Waals surface area contributed by atoms with Gasteiger partial charge in [0.15, 0.2) is 17.3 Å². The fourth-order valence-electron chi connectivity index (χ4n) is 1.66. The third-order valence-corrected chi connectivity index (χ3v) is 4.38. The fraction of sp³-hybridized carbons (Fsp3) is 0.231. The van der Waals surface area contributed by atoms with Crippen LogP contribution in [0.1, 0.15) is 12.6 Å². The molecule has 4 nitrogen and oxygen atoms in total. The van der Waals surface area contributed by atoms with Crippen LogP contribution in [-0.2, 0) is 6.42 Å². The summed E-state index contributed by atoms with van der Waals surface area (Å²) in [6.45, 7) is 2.01. The number of aromatic hydroxyl groups is 1. The molecule has 6 heteroatoms. The minimum absolute atomic E-state index is 0.0521. The van der Waals surface area contributed by atoms with Gasteiger partial charge in [-0.15, -0.1) is 0 Å². The summed E-state index contributed by atoms with van der Waals surface area (Å²) < 4.78 is 5.87. The Hall–Kier alpha value is -1.08. The average Bonchev–Trinajstić information content (AvgIpc) is 2.41. The van der Waals surface area contributed by atoms with E-state index in [4.69, 9.17) is 16.3 Å². The van der Waals surface area contributed by atoms with Gasteiger partial charge in [-0.1, -0.05) is 18.5 Å². The molecule has 1 aromatic heterocycles. The van der Waals surface area contributed by atoms with Crippen molar-refractivity contribution in [2.75, 3.05) is 7.11 Å². The van der Waals surface area contributed by atoms with E-state index in [1.807, 2.05) is 6.92 Å². The molecule has 100 valence electrons. The number of hydrogen-bond acceptors (Lipinski definition) is 4.